The van der Waals surface area contributed by atoms with Crippen molar-refractivity contribution in [1.29, 1.82) is 0 Å². The first-order chi connectivity index (χ1) is 11.2. The molecule has 0 atom stereocenters. The van der Waals surface area contributed by atoms with Crippen molar-refractivity contribution in [2.45, 2.75) is 20.0 Å². The molecular weight excluding hydrogens is 308 g/mol. The first kappa shape index (κ1) is 15.3. The van der Waals surface area contributed by atoms with E-state index >= 15 is 0 Å². The Balaban J connectivity index is 1.53. The molecule has 3 rings (SSSR count). The Bertz CT molecular complexity index is 780. The van der Waals surface area contributed by atoms with E-state index in [1.807, 2.05) is 29.1 Å². The molecule has 0 bridgehead atoms. The van der Waals surface area contributed by atoms with Gasteiger partial charge in [0.05, 0.1) is 19.4 Å². The maximum absolute atomic E-state index is 5.25. The smallest absolute Gasteiger partial charge is 0.172 e. The molecule has 0 saturated heterocycles. The van der Waals surface area contributed by atoms with Gasteiger partial charge < -0.3 is 15.1 Å². The van der Waals surface area contributed by atoms with E-state index in [-0.39, 0.29) is 0 Å². The lowest BCUT2D eigenvalue weighted by Crippen LogP contribution is -2.27. The molecule has 2 heterocycles. The first-order valence-corrected chi connectivity index (χ1v) is 7.76. The Labute approximate surface area is 140 Å². The minimum atomic E-state index is 0.516. The van der Waals surface area contributed by atoms with Crippen LogP contribution in [-0.4, -0.2) is 14.9 Å². The monoisotopic (exact) mass is 326 g/mol. The van der Waals surface area contributed by atoms with Gasteiger partial charge in [-0.05, 0) is 36.8 Å². The zero-order valence-corrected chi connectivity index (χ0v) is 13.6. The van der Waals surface area contributed by atoms with Gasteiger partial charge in [-0.2, -0.15) is 5.10 Å². The van der Waals surface area contributed by atoms with Crippen LogP contribution in [0.2, 0.25) is 0 Å². The zero-order valence-electron chi connectivity index (χ0n) is 12.8. The number of thiocarbonyl (C=S) groups is 1. The fourth-order valence-corrected chi connectivity index (χ4v) is 2.43. The summed E-state index contributed by atoms with van der Waals surface area (Å²) < 4.78 is 7.13. The van der Waals surface area contributed by atoms with Crippen LogP contribution in [0.4, 0.5) is 5.82 Å². The maximum atomic E-state index is 5.25. The second-order valence-electron chi connectivity index (χ2n) is 5.27. The maximum Gasteiger partial charge on any atom is 0.172 e. The summed E-state index contributed by atoms with van der Waals surface area (Å²) in [5, 5.41) is 11.1. The summed E-state index contributed by atoms with van der Waals surface area (Å²) >= 11 is 5.25. The van der Waals surface area contributed by atoms with Gasteiger partial charge in [0.15, 0.2) is 10.9 Å². The number of aryl methyl sites for hydroxylation is 1. The predicted octanol–water partition coefficient (Wildman–Crippen LogP) is 3.32. The summed E-state index contributed by atoms with van der Waals surface area (Å²) in [6, 6.07) is 14.0. The molecule has 0 spiro atoms. The summed E-state index contributed by atoms with van der Waals surface area (Å²) in [4.78, 5) is 0. The molecule has 0 amide bonds. The molecule has 5 nitrogen and oxygen atoms in total. The summed E-state index contributed by atoms with van der Waals surface area (Å²) in [5.74, 6) is 1.55. The summed E-state index contributed by atoms with van der Waals surface area (Å²) in [5.41, 5.74) is 2.47. The lowest BCUT2D eigenvalue weighted by Gasteiger charge is -2.07. The van der Waals surface area contributed by atoms with Gasteiger partial charge in [0.1, 0.15) is 5.76 Å². The number of benzene rings is 1. The van der Waals surface area contributed by atoms with Crippen LogP contribution in [0.25, 0.3) is 0 Å². The molecule has 0 fully saturated rings. The Morgan fingerprint density at radius 1 is 1.26 bits per heavy atom. The van der Waals surface area contributed by atoms with Gasteiger partial charge in [-0.1, -0.05) is 29.8 Å². The van der Waals surface area contributed by atoms with E-state index in [2.05, 4.69) is 46.9 Å². The topological polar surface area (TPSA) is 55.0 Å². The first-order valence-electron chi connectivity index (χ1n) is 7.35. The minimum absolute atomic E-state index is 0.516. The van der Waals surface area contributed by atoms with Crippen molar-refractivity contribution in [3.63, 3.8) is 0 Å². The number of rotatable bonds is 5. The van der Waals surface area contributed by atoms with Gasteiger partial charge in [-0.15, -0.1) is 0 Å². The molecule has 118 valence electrons. The molecule has 6 heteroatoms. The van der Waals surface area contributed by atoms with E-state index in [0.29, 0.717) is 11.7 Å². The summed E-state index contributed by atoms with van der Waals surface area (Å²) in [6.45, 7) is 3.36. The number of nitrogens with one attached hydrogen (secondary N) is 2. The van der Waals surface area contributed by atoms with E-state index in [9.17, 15) is 0 Å². The number of furan rings is 1. The quantitative estimate of drug-likeness (QED) is 0.705. The van der Waals surface area contributed by atoms with Crippen molar-refractivity contribution in [3.05, 3.63) is 71.8 Å². The van der Waals surface area contributed by atoms with Crippen LogP contribution in [-0.2, 0) is 13.1 Å². The highest BCUT2D eigenvalue weighted by atomic mass is 32.1. The Hall–Kier alpha value is -2.60. The highest BCUT2D eigenvalue weighted by molar-refractivity contribution is 7.80. The van der Waals surface area contributed by atoms with Crippen LogP contribution in [0.5, 0.6) is 0 Å². The molecule has 23 heavy (non-hydrogen) atoms. The lowest BCUT2D eigenvalue weighted by atomic mass is 10.1. The third kappa shape index (κ3) is 4.43. The number of aromatic nitrogens is 2. The molecule has 0 aliphatic rings. The second-order valence-corrected chi connectivity index (χ2v) is 5.68. The Kier molecular flexibility index (Phi) is 4.73. The third-order valence-electron chi connectivity index (χ3n) is 3.31. The lowest BCUT2D eigenvalue weighted by molar-refractivity contribution is 0.503. The van der Waals surface area contributed by atoms with Crippen molar-refractivity contribution < 1.29 is 4.42 Å². The molecule has 0 unspecified atom stereocenters. The van der Waals surface area contributed by atoms with Gasteiger partial charge in [0, 0.05) is 12.3 Å². The van der Waals surface area contributed by atoms with Gasteiger partial charge >= 0.3 is 0 Å². The third-order valence-corrected chi connectivity index (χ3v) is 3.56. The number of hydrogen-bond donors (Lipinski definition) is 2. The average Bonchev–Trinajstić information content (AvgIpc) is 3.17. The minimum Gasteiger partial charge on any atom is -0.467 e. The second kappa shape index (κ2) is 7.11. The van der Waals surface area contributed by atoms with Crippen LogP contribution >= 0.6 is 12.2 Å². The van der Waals surface area contributed by atoms with Crippen LogP contribution in [0.1, 0.15) is 16.9 Å². The van der Waals surface area contributed by atoms with Gasteiger partial charge in [0.2, 0.25) is 0 Å². The number of nitrogens with zero attached hydrogens (tertiary/aromatic N) is 2. The molecule has 0 aliphatic carbocycles. The van der Waals surface area contributed by atoms with Crippen molar-refractivity contribution in [2.24, 2.45) is 0 Å². The molecule has 1 aromatic carbocycles. The van der Waals surface area contributed by atoms with Crippen molar-refractivity contribution in [1.82, 2.24) is 15.1 Å². The van der Waals surface area contributed by atoms with Gasteiger partial charge in [-0.3, -0.25) is 4.68 Å². The van der Waals surface area contributed by atoms with Crippen LogP contribution in [0.3, 0.4) is 0 Å². The molecule has 0 aliphatic heterocycles. The van der Waals surface area contributed by atoms with Gasteiger partial charge in [-0.25, -0.2) is 0 Å². The summed E-state index contributed by atoms with van der Waals surface area (Å²) in [7, 11) is 0. The Morgan fingerprint density at radius 2 is 2.17 bits per heavy atom. The van der Waals surface area contributed by atoms with E-state index in [4.69, 9.17) is 16.6 Å². The molecule has 0 radical (unpaired) electrons. The highest BCUT2D eigenvalue weighted by Crippen LogP contribution is 2.08. The Morgan fingerprint density at radius 3 is 2.96 bits per heavy atom. The van der Waals surface area contributed by atoms with Crippen LogP contribution in [0, 0.1) is 6.92 Å². The van der Waals surface area contributed by atoms with Crippen LogP contribution in [0.15, 0.2) is 59.3 Å². The molecular formula is C17H18N4OS. The summed E-state index contributed by atoms with van der Waals surface area (Å²) in [6.07, 6.45) is 3.57. The van der Waals surface area contributed by atoms with E-state index in [0.717, 1.165) is 18.1 Å². The van der Waals surface area contributed by atoms with Crippen LogP contribution < -0.4 is 10.6 Å². The molecule has 3 aromatic rings. The SMILES string of the molecule is Cc1cccc(Cn2ccc(NC(=S)NCc3ccco3)n2)c1. The normalized spacial score (nSPS) is 10.5. The van der Waals surface area contributed by atoms with Crippen molar-refractivity contribution >= 4 is 23.1 Å². The predicted molar refractivity (Wildman–Crippen MR) is 94.3 cm³/mol. The van der Waals surface area contributed by atoms with E-state index < -0.39 is 0 Å². The fraction of sp³-hybridized carbons (Fsp3) is 0.176. The number of anilines is 1. The molecule has 2 N–H and O–H groups in total. The fourth-order valence-electron chi connectivity index (χ4n) is 2.26. The standard InChI is InChI=1S/C17H18N4OS/c1-13-4-2-5-14(10-13)12-21-8-7-16(20-21)19-17(23)18-11-15-6-3-9-22-15/h2-10H,11-12H2,1H3,(H2,18,19,20,23). The molecule has 0 saturated carbocycles. The molecule has 2 aromatic heterocycles. The highest BCUT2D eigenvalue weighted by Gasteiger charge is 2.03. The van der Waals surface area contributed by atoms with E-state index in [1.165, 1.54) is 11.1 Å². The largest absolute Gasteiger partial charge is 0.467 e. The average molecular weight is 326 g/mol. The number of hydrogen-bond acceptors (Lipinski definition) is 3. The zero-order chi connectivity index (χ0) is 16.1. The van der Waals surface area contributed by atoms with Crippen molar-refractivity contribution in [2.75, 3.05) is 5.32 Å². The van der Waals surface area contributed by atoms with Crippen molar-refractivity contribution in [3.8, 4) is 0 Å². The van der Waals surface area contributed by atoms with Gasteiger partial charge in [0.25, 0.3) is 0 Å². The van der Waals surface area contributed by atoms with E-state index in [1.54, 1.807) is 6.26 Å².